The Labute approximate surface area is 180 Å². The molecule has 0 aliphatic heterocycles. The molecule has 1 aromatic rings. The minimum atomic E-state index is -2.71. The topological polar surface area (TPSA) is 49.4 Å². The first-order valence-corrected chi connectivity index (χ1v) is 14.8. The first-order chi connectivity index (χ1) is 13.6. The first-order valence-electron chi connectivity index (χ1n) is 10.6. The van der Waals surface area contributed by atoms with E-state index in [9.17, 15) is 0 Å². The Hall–Kier alpha value is -0.586. The number of benzene rings is 1. The van der Waals surface area contributed by atoms with Crippen molar-refractivity contribution >= 4 is 22.6 Å². The van der Waals surface area contributed by atoms with Gasteiger partial charge in [0.25, 0.3) is 0 Å². The molecule has 0 N–H and O–H groups in total. The van der Waals surface area contributed by atoms with Gasteiger partial charge >= 0.3 is 17.4 Å². The van der Waals surface area contributed by atoms with Gasteiger partial charge in [-0.3, -0.25) is 4.90 Å². The Morgan fingerprint density at radius 3 is 1.83 bits per heavy atom. The third-order valence-corrected chi connectivity index (χ3v) is 10.5. The van der Waals surface area contributed by atoms with Crippen LogP contribution >= 0.6 is 0 Å². The minimum absolute atomic E-state index is 0.274. The summed E-state index contributed by atoms with van der Waals surface area (Å²) in [5, 5.41) is 1.14. The lowest BCUT2D eigenvalue weighted by atomic mass is 10.2. The molecule has 0 saturated carbocycles. The van der Waals surface area contributed by atoms with Gasteiger partial charge in [-0.25, -0.2) is 0 Å². The Kier molecular flexibility index (Phi) is 11.2. The van der Waals surface area contributed by atoms with E-state index in [4.69, 9.17) is 22.1 Å². The molecule has 0 amide bonds. The molecule has 0 fully saturated rings. The zero-order chi connectivity index (χ0) is 22.0. The van der Waals surface area contributed by atoms with E-state index in [0.29, 0.717) is 32.6 Å². The third kappa shape index (κ3) is 9.39. The standard InChI is InChI=1S/C21H41NO5Si2/c1-9-23-29(24-10-2,25-11-3)19-22(7)17-18-26-28(8,27-21(4,5)6)20-15-13-12-14-16-20/h12-16H,9-11,17-19H2,1-8H3. The van der Waals surface area contributed by atoms with Gasteiger partial charge in [0.15, 0.2) is 0 Å². The van der Waals surface area contributed by atoms with Crippen molar-refractivity contribution in [2.24, 2.45) is 0 Å². The molecule has 0 aliphatic carbocycles. The number of rotatable bonds is 14. The van der Waals surface area contributed by atoms with E-state index < -0.39 is 17.4 Å². The van der Waals surface area contributed by atoms with Gasteiger partial charge in [0.1, 0.15) is 0 Å². The molecule has 0 heterocycles. The molecule has 0 spiro atoms. The molecule has 0 aliphatic rings. The van der Waals surface area contributed by atoms with Gasteiger partial charge in [-0.2, -0.15) is 0 Å². The van der Waals surface area contributed by atoms with Crippen molar-refractivity contribution in [1.29, 1.82) is 0 Å². The number of likely N-dealkylation sites (N-methyl/N-ethyl adjacent to an activating group) is 1. The van der Waals surface area contributed by atoms with Crippen LogP contribution in [0.15, 0.2) is 30.3 Å². The molecule has 1 atom stereocenters. The van der Waals surface area contributed by atoms with Crippen molar-refractivity contribution < 1.29 is 22.1 Å². The van der Waals surface area contributed by atoms with Crippen LogP contribution in [-0.4, -0.2) is 74.1 Å². The lowest BCUT2D eigenvalue weighted by molar-refractivity contribution is 0.0538. The predicted molar refractivity (Wildman–Crippen MR) is 123 cm³/mol. The molecule has 29 heavy (non-hydrogen) atoms. The van der Waals surface area contributed by atoms with Crippen molar-refractivity contribution in [3.05, 3.63) is 30.3 Å². The Bertz CT molecular complexity index is 553. The fourth-order valence-electron chi connectivity index (χ4n) is 3.22. The van der Waals surface area contributed by atoms with Crippen LogP contribution in [0.1, 0.15) is 41.5 Å². The normalized spacial score (nSPS) is 14.9. The minimum Gasteiger partial charge on any atom is -0.390 e. The SMILES string of the molecule is CCO[Si](CN(C)CCO[Si](C)(OC(C)(C)C)c1ccccc1)(OCC)OCC. The molecular formula is C21H41NO5Si2. The smallest absolute Gasteiger partial charge is 0.390 e. The largest absolute Gasteiger partial charge is 0.515 e. The van der Waals surface area contributed by atoms with Crippen molar-refractivity contribution in [2.75, 3.05) is 46.2 Å². The van der Waals surface area contributed by atoms with Gasteiger partial charge in [-0.1, -0.05) is 30.3 Å². The summed E-state index contributed by atoms with van der Waals surface area (Å²) in [6.45, 7) is 17.3. The molecule has 1 aromatic carbocycles. The van der Waals surface area contributed by atoms with E-state index in [1.807, 2.05) is 46.0 Å². The Morgan fingerprint density at radius 2 is 1.38 bits per heavy atom. The van der Waals surface area contributed by atoms with Crippen LogP contribution in [0.5, 0.6) is 0 Å². The second kappa shape index (κ2) is 12.3. The number of hydrogen-bond acceptors (Lipinski definition) is 6. The fourth-order valence-corrected chi connectivity index (χ4v) is 8.68. The highest BCUT2D eigenvalue weighted by Crippen LogP contribution is 2.18. The zero-order valence-corrected chi connectivity index (χ0v) is 21.6. The van der Waals surface area contributed by atoms with Crippen molar-refractivity contribution in [3.63, 3.8) is 0 Å². The summed E-state index contributed by atoms with van der Waals surface area (Å²) < 4.78 is 30.7. The van der Waals surface area contributed by atoms with E-state index in [-0.39, 0.29) is 5.60 Å². The third-order valence-electron chi connectivity index (χ3n) is 4.21. The van der Waals surface area contributed by atoms with E-state index in [2.05, 4.69) is 44.4 Å². The molecule has 8 heteroatoms. The quantitative estimate of drug-likeness (QED) is 0.411. The average Bonchev–Trinajstić information content (AvgIpc) is 2.61. The van der Waals surface area contributed by atoms with E-state index >= 15 is 0 Å². The second-order valence-corrected chi connectivity index (χ2v) is 13.6. The molecule has 0 bridgehead atoms. The van der Waals surface area contributed by atoms with Crippen LogP contribution in [0.3, 0.4) is 0 Å². The summed E-state index contributed by atoms with van der Waals surface area (Å²) >= 11 is 0. The average molecular weight is 444 g/mol. The molecule has 1 rings (SSSR count). The monoisotopic (exact) mass is 443 g/mol. The van der Waals surface area contributed by atoms with Gasteiger partial charge in [0.05, 0.1) is 11.8 Å². The molecule has 1 unspecified atom stereocenters. The van der Waals surface area contributed by atoms with Crippen LogP contribution in [0.25, 0.3) is 0 Å². The molecule has 0 radical (unpaired) electrons. The van der Waals surface area contributed by atoms with Gasteiger partial charge in [0.2, 0.25) is 0 Å². The lowest BCUT2D eigenvalue weighted by Gasteiger charge is -2.35. The number of nitrogens with zero attached hydrogens (tertiary/aromatic N) is 1. The molecular weight excluding hydrogens is 402 g/mol. The summed E-state index contributed by atoms with van der Waals surface area (Å²) in [6, 6.07) is 10.3. The zero-order valence-electron chi connectivity index (χ0n) is 19.6. The van der Waals surface area contributed by atoms with Crippen molar-refractivity contribution in [3.8, 4) is 0 Å². The summed E-state index contributed by atoms with van der Waals surface area (Å²) in [4.78, 5) is 2.17. The Morgan fingerprint density at radius 1 is 0.862 bits per heavy atom. The van der Waals surface area contributed by atoms with E-state index in [0.717, 1.165) is 11.7 Å². The van der Waals surface area contributed by atoms with Crippen LogP contribution in [0, 0.1) is 0 Å². The lowest BCUT2D eigenvalue weighted by Crippen LogP contribution is -2.57. The molecule has 168 valence electrons. The summed E-state index contributed by atoms with van der Waals surface area (Å²) in [5.74, 6) is 0. The summed E-state index contributed by atoms with van der Waals surface area (Å²) in [5.41, 5.74) is -0.274. The fraction of sp³-hybridized carbons (Fsp3) is 0.714. The second-order valence-electron chi connectivity index (χ2n) is 8.09. The van der Waals surface area contributed by atoms with Gasteiger partial charge in [0, 0.05) is 33.0 Å². The maximum atomic E-state index is 6.44. The summed E-state index contributed by atoms with van der Waals surface area (Å²) in [6.07, 6.45) is 0.635. The van der Waals surface area contributed by atoms with Crippen LogP contribution in [-0.2, 0) is 22.1 Å². The van der Waals surface area contributed by atoms with Gasteiger partial charge < -0.3 is 22.1 Å². The maximum Gasteiger partial charge on any atom is 0.515 e. The van der Waals surface area contributed by atoms with Crippen molar-refractivity contribution in [1.82, 2.24) is 4.90 Å². The van der Waals surface area contributed by atoms with Crippen LogP contribution < -0.4 is 5.19 Å². The number of hydrogen-bond donors (Lipinski definition) is 0. The molecule has 6 nitrogen and oxygen atoms in total. The summed E-state index contributed by atoms with van der Waals surface area (Å²) in [7, 11) is -3.20. The highest BCUT2D eigenvalue weighted by atomic mass is 28.4. The maximum absolute atomic E-state index is 6.44. The van der Waals surface area contributed by atoms with E-state index in [1.165, 1.54) is 0 Å². The van der Waals surface area contributed by atoms with Crippen LogP contribution in [0.4, 0.5) is 0 Å². The first kappa shape index (κ1) is 26.4. The van der Waals surface area contributed by atoms with Crippen molar-refractivity contribution in [2.45, 2.75) is 53.7 Å². The van der Waals surface area contributed by atoms with Crippen LogP contribution in [0.2, 0.25) is 6.55 Å². The van der Waals surface area contributed by atoms with E-state index in [1.54, 1.807) is 0 Å². The Balaban J connectivity index is 2.77. The highest BCUT2D eigenvalue weighted by Gasteiger charge is 2.42. The molecule has 0 saturated heterocycles. The van der Waals surface area contributed by atoms with Gasteiger partial charge in [-0.15, -0.1) is 0 Å². The predicted octanol–water partition coefficient (Wildman–Crippen LogP) is 3.32. The highest BCUT2D eigenvalue weighted by molar-refractivity contribution is 6.80. The van der Waals surface area contributed by atoms with Gasteiger partial charge in [-0.05, 0) is 60.3 Å². The molecule has 0 aromatic heterocycles.